The number of rotatable bonds is 11. The zero-order valence-electron chi connectivity index (χ0n) is 17.6. The van der Waals surface area contributed by atoms with E-state index in [0.29, 0.717) is 32.6 Å². The molecule has 0 aliphatic rings. The number of ether oxygens (including phenoxy) is 2. The van der Waals surface area contributed by atoms with Crippen LogP contribution < -0.4 is 14.8 Å². The predicted molar refractivity (Wildman–Crippen MR) is 114 cm³/mol. The predicted octanol–water partition coefficient (Wildman–Crippen LogP) is 4.86. The van der Waals surface area contributed by atoms with Crippen molar-refractivity contribution in [1.29, 1.82) is 0 Å². The van der Waals surface area contributed by atoms with Gasteiger partial charge in [-0.3, -0.25) is 4.79 Å². The molecule has 0 unspecified atom stereocenters. The largest absolute Gasteiger partial charge is 0.490 e. The van der Waals surface area contributed by atoms with Gasteiger partial charge < -0.3 is 14.8 Å². The van der Waals surface area contributed by atoms with Crippen LogP contribution in [0.2, 0.25) is 0 Å². The standard InChI is InChI=1S/C24H33NO3/c1-5-18-9-12-20(6-2)21(15-18)17-25-24(26)14-11-19-10-13-22(27-7-3)23(16-19)28-8-4/h9-10,12-13,15-16H,5-8,11,14,17H2,1-4H3,(H,25,26). The summed E-state index contributed by atoms with van der Waals surface area (Å²) >= 11 is 0. The van der Waals surface area contributed by atoms with Crippen molar-refractivity contribution in [3.8, 4) is 11.5 Å². The lowest BCUT2D eigenvalue weighted by Gasteiger charge is -2.13. The van der Waals surface area contributed by atoms with Crippen molar-refractivity contribution in [2.45, 2.75) is 59.9 Å². The molecule has 0 fully saturated rings. The highest BCUT2D eigenvalue weighted by Gasteiger charge is 2.09. The van der Waals surface area contributed by atoms with E-state index in [-0.39, 0.29) is 5.91 Å². The molecule has 0 spiro atoms. The summed E-state index contributed by atoms with van der Waals surface area (Å²) in [6.45, 7) is 9.97. The van der Waals surface area contributed by atoms with Gasteiger partial charge in [0.15, 0.2) is 11.5 Å². The van der Waals surface area contributed by atoms with Crippen molar-refractivity contribution in [2.75, 3.05) is 13.2 Å². The summed E-state index contributed by atoms with van der Waals surface area (Å²) in [5.74, 6) is 1.56. The van der Waals surface area contributed by atoms with E-state index in [1.807, 2.05) is 32.0 Å². The van der Waals surface area contributed by atoms with E-state index >= 15 is 0 Å². The molecule has 0 atom stereocenters. The van der Waals surface area contributed by atoms with Gasteiger partial charge in [-0.2, -0.15) is 0 Å². The van der Waals surface area contributed by atoms with Crippen LogP contribution in [-0.2, 0) is 30.6 Å². The quantitative estimate of drug-likeness (QED) is 0.603. The minimum Gasteiger partial charge on any atom is -0.490 e. The maximum atomic E-state index is 12.4. The molecule has 1 amide bonds. The van der Waals surface area contributed by atoms with Gasteiger partial charge in [0.1, 0.15) is 0 Å². The highest BCUT2D eigenvalue weighted by molar-refractivity contribution is 5.76. The molecule has 0 saturated carbocycles. The molecular weight excluding hydrogens is 350 g/mol. The Bertz CT molecular complexity index is 770. The zero-order chi connectivity index (χ0) is 20.4. The fourth-order valence-corrected chi connectivity index (χ4v) is 3.20. The summed E-state index contributed by atoms with van der Waals surface area (Å²) in [5.41, 5.74) is 4.89. The van der Waals surface area contributed by atoms with Crippen molar-refractivity contribution >= 4 is 5.91 Å². The van der Waals surface area contributed by atoms with Crippen LogP contribution in [0.1, 0.15) is 56.4 Å². The van der Waals surface area contributed by atoms with Gasteiger partial charge in [-0.15, -0.1) is 0 Å². The Morgan fingerprint density at radius 2 is 1.54 bits per heavy atom. The third kappa shape index (κ3) is 6.29. The number of carbonyl (C=O) groups is 1. The Morgan fingerprint density at radius 1 is 0.821 bits per heavy atom. The molecule has 0 radical (unpaired) electrons. The van der Waals surface area contributed by atoms with Gasteiger partial charge in [0, 0.05) is 13.0 Å². The molecule has 0 aliphatic heterocycles. The third-order valence-corrected chi connectivity index (χ3v) is 4.78. The summed E-state index contributed by atoms with van der Waals surface area (Å²) in [4.78, 5) is 12.4. The van der Waals surface area contributed by atoms with Gasteiger partial charge in [-0.1, -0.05) is 38.1 Å². The van der Waals surface area contributed by atoms with Gasteiger partial charge >= 0.3 is 0 Å². The lowest BCUT2D eigenvalue weighted by Crippen LogP contribution is -2.23. The molecule has 4 heteroatoms. The Balaban J connectivity index is 1.93. The fourth-order valence-electron chi connectivity index (χ4n) is 3.20. The van der Waals surface area contributed by atoms with E-state index in [0.717, 1.165) is 29.9 Å². The number of hydrogen-bond acceptors (Lipinski definition) is 3. The molecule has 2 aromatic rings. The Labute approximate surface area is 169 Å². The van der Waals surface area contributed by atoms with Crippen LogP contribution in [0.3, 0.4) is 0 Å². The molecule has 2 rings (SSSR count). The molecule has 4 nitrogen and oxygen atoms in total. The lowest BCUT2D eigenvalue weighted by atomic mass is 10.0. The first-order chi connectivity index (χ1) is 13.6. The van der Waals surface area contributed by atoms with Crippen LogP contribution in [0.4, 0.5) is 0 Å². The van der Waals surface area contributed by atoms with E-state index in [9.17, 15) is 4.79 Å². The van der Waals surface area contributed by atoms with E-state index < -0.39 is 0 Å². The summed E-state index contributed by atoms with van der Waals surface area (Å²) in [5, 5.41) is 3.07. The molecular formula is C24H33NO3. The number of aryl methyl sites for hydroxylation is 3. The van der Waals surface area contributed by atoms with Gasteiger partial charge in [0.05, 0.1) is 13.2 Å². The van der Waals surface area contributed by atoms with Gasteiger partial charge in [-0.05, 0) is 67.5 Å². The molecule has 0 saturated heterocycles. The van der Waals surface area contributed by atoms with Gasteiger partial charge in [0.25, 0.3) is 0 Å². The van der Waals surface area contributed by atoms with Crippen LogP contribution in [-0.4, -0.2) is 19.1 Å². The second-order valence-electron chi connectivity index (χ2n) is 6.73. The second kappa shape index (κ2) is 11.4. The van der Waals surface area contributed by atoms with E-state index in [4.69, 9.17) is 9.47 Å². The topological polar surface area (TPSA) is 47.6 Å². The maximum absolute atomic E-state index is 12.4. The molecule has 28 heavy (non-hydrogen) atoms. The number of benzene rings is 2. The van der Waals surface area contributed by atoms with Gasteiger partial charge in [-0.25, -0.2) is 0 Å². The van der Waals surface area contributed by atoms with E-state index in [1.165, 1.54) is 16.7 Å². The molecule has 1 N–H and O–H groups in total. The maximum Gasteiger partial charge on any atom is 0.220 e. The molecule has 0 aliphatic carbocycles. The number of amides is 1. The first-order valence-electron chi connectivity index (χ1n) is 10.4. The summed E-state index contributed by atoms with van der Waals surface area (Å²) in [7, 11) is 0. The van der Waals surface area contributed by atoms with Crippen molar-refractivity contribution in [1.82, 2.24) is 5.32 Å². The van der Waals surface area contributed by atoms with Crippen LogP contribution in [0.15, 0.2) is 36.4 Å². The number of carbonyl (C=O) groups excluding carboxylic acids is 1. The summed E-state index contributed by atoms with van der Waals surface area (Å²) < 4.78 is 11.3. The number of hydrogen-bond donors (Lipinski definition) is 1. The summed E-state index contributed by atoms with van der Waals surface area (Å²) in [6, 6.07) is 12.5. The first-order valence-corrected chi connectivity index (χ1v) is 10.4. The normalized spacial score (nSPS) is 10.6. The summed E-state index contributed by atoms with van der Waals surface area (Å²) in [6.07, 6.45) is 3.11. The van der Waals surface area contributed by atoms with Crippen molar-refractivity contribution in [3.05, 3.63) is 58.7 Å². The third-order valence-electron chi connectivity index (χ3n) is 4.78. The average Bonchev–Trinajstić information content (AvgIpc) is 2.72. The Morgan fingerprint density at radius 3 is 2.21 bits per heavy atom. The molecule has 2 aromatic carbocycles. The Kier molecular flexibility index (Phi) is 8.86. The van der Waals surface area contributed by atoms with E-state index in [2.05, 4.69) is 37.4 Å². The van der Waals surface area contributed by atoms with Crippen molar-refractivity contribution < 1.29 is 14.3 Å². The molecule has 0 bridgehead atoms. The average molecular weight is 384 g/mol. The van der Waals surface area contributed by atoms with Crippen molar-refractivity contribution in [2.24, 2.45) is 0 Å². The fraction of sp³-hybridized carbons (Fsp3) is 0.458. The minimum absolute atomic E-state index is 0.0656. The van der Waals surface area contributed by atoms with Gasteiger partial charge in [0.2, 0.25) is 5.91 Å². The Hall–Kier alpha value is -2.49. The van der Waals surface area contributed by atoms with Crippen LogP contribution in [0.5, 0.6) is 11.5 Å². The highest BCUT2D eigenvalue weighted by atomic mass is 16.5. The zero-order valence-corrected chi connectivity index (χ0v) is 17.6. The minimum atomic E-state index is 0.0656. The molecule has 0 aromatic heterocycles. The van der Waals surface area contributed by atoms with Crippen molar-refractivity contribution in [3.63, 3.8) is 0 Å². The molecule has 152 valence electrons. The first kappa shape index (κ1) is 21.8. The lowest BCUT2D eigenvalue weighted by molar-refractivity contribution is -0.121. The SMILES string of the molecule is CCOc1ccc(CCC(=O)NCc2cc(CC)ccc2CC)cc1OCC. The molecule has 0 heterocycles. The highest BCUT2D eigenvalue weighted by Crippen LogP contribution is 2.29. The van der Waals surface area contributed by atoms with E-state index in [1.54, 1.807) is 0 Å². The second-order valence-corrected chi connectivity index (χ2v) is 6.73. The van der Waals surface area contributed by atoms with Crippen LogP contribution in [0, 0.1) is 0 Å². The van der Waals surface area contributed by atoms with Crippen LogP contribution in [0.25, 0.3) is 0 Å². The monoisotopic (exact) mass is 383 g/mol. The van der Waals surface area contributed by atoms with Crippen LogP contribution >= 0.6 is 0 Å². The smallest absolute Gasteiger partial charge is 0.220 e. The number of nitrogens with one attached hydrogen (secondary N) is 1.